The van der Waals surface area contributed by atoms with Gasteiger partial charge in [0.25, 0.3) is 0 Å². The fourth-order valence-electron chi connectivity index (χ4n) is 7.41. The zero-order chi connectivity index (χ0) is 33.4. The average Bonchev–Trinajstić information content (AvgIpc) is 3.61. The third kappa shape index (κ3) is 4.91. The summed E-state index contributed by atoms with van der Waals surface area (Å²) in [4.78, 5) is 33.4. The van der Waals surface area contributed by atoms with Crippen LogP contribution in [0.15, 0.2) is 43.7 Å². The summed E-state index contributed by atoms with van der Waals surface area (Å²) in [6.07, 6.45) is 7.53. The van der Waals surface area contributed by atoms with E-state index in [1.807, 2.05) is 47.6 Å². The van der Waals surface area contributed by atoms with Crippen molar-refractivity contribution in [2.24, 2.45) is 9.98 Å². The summed E-state index contributed by atoms with van der Waals surface area (Å²) in [5.41, 5.74) is 9.20. The molecular weight excluding hydrogens is 697 g/mol. The first kappa shape index (κ1) is 32.2. The molecule has 2 aromatic rings. The number of fused-ring (bicyclic) bond motifs is 2. The standard InChI is InChI=1S/C35H40N4O4.2FH.Sn/c1-8-22-18(4)25-13-26-19(5)23(9-11-33(40)41)30(37-26)16-31-24(10-12-34(42)43)20(6)27(38-31)15-32-35(17(2)3)21(7)28(39-32)14-29(22)36-25;;;/h13-17H,8-12H2,1-7H3,(H4,36,37,38,39,40,41,42,43);2*1H;/q;;;+4/p-4. The Morgan fingerprint density at radius 3 is 2.02 bits per heavy atom. The Hall–Kier alpha value is -3.80. The van der Waals surface area contributed by atoms with Gasteiger partial charge in [-0.25, -0.2) is 0 Å². The second-order valence-electron chi connectivity index (χ2n) is 12.7. The molecule has 4 aliphatic rings. The van der Waals surface area contributed by atoms with Crippen molar-refractivity contribution in [1.82, 2.24) is 5.58 Å². The molecule has 6 heterocycles. The second kappa shape index (κ2) is 11.5. The van der Waals surface area contributed by atoms with Crippen molar-refractivity contribution in [3.05, 3.63) is 78.0 Å². The van der Waals surface area contributed by atoms with Crippen LogP contribution in [0.5, 0.6) is 0 Å². The van der Waals surface area contributed by atoms with Crippen molar-refractivity contribution in [3.8, 4) is 0 Å². The van der Waals surface area contributed by atoms with Gasteiger partial charge in [0.1, 0.15) is 0 Å². The van der Waals surface area contributed by atoms with Crippen molar-refractivity contribution in [2.75, 3.05) is 0 Å². The molecule has 8 nitrogen and oxygen atoms in total. The molecule has 0 fully saturated rings. The molecule has 6 bridgehead atoms. The van der Waals surface area contributed by atoms with E-state index in [1.54, 1.807) is 25.2 Å². The molecule has 0 atom stereocenters. The van der Waals surface area contributed by atoms with E-state index in [0.29, 0.717) is 62.7 Å². The first-order valence-electron chi connectivity index (χ1n) is 15.7. The van der Waals surface area contributed by atoms with E-state index in [9.17, 15) is 19.8 Å². The van der Waals surface area contributed by atoms with Gasteiger partial charge in [0.15, 0.2) is 0 Å². The Morgan fingerprint density at radius 1 is 0.783 bits per heavy atom. The van der Waals surface area contributed by atoms with Crippen LogP contribution >= 0.6 is 0 Å². The van der Waals surface area contributed by atoms with Gasteiger partial charge in [0.05, 0.1) is 0 Å². The van der Waals surface area contributed by atoms with Gasteiger partial charge in [-0.3, -0.25) is 0 Å². The van der Waals surface area contributed by atoms with Gasteiger partial charge in [-0.1, -0.05) is 0 Å². The topological polar surface area (TPSA) is 109 Å². The van der Waals surface area contributed by atoms with Crippen molar-refractivity contribution < 1.29 is 25.5 Å². The summed E-state index contributed by atoms with van der Waals surface area (Å²) in [5.74, 6) is -2.07. The Bertz CT molecular complexity index is 2080. The number of rotatable bonds is 8. The molecule has 4 aliphatic heterocycles. The van der Waals surface area contributed by atoms with Crippen molar-refractivity contribution in [1.29, 1.82) is 0 Å². The van der Waals surface area contributed by atoms with Gasteiger partial charge in [-0.15, -0.1) is 0 Å². The number of carboxylic acid groups (broad SMARTS) is 2. The van der Waals surface area contributed by atoms with Crippen LogP contribution in [0.3, 0.4) is 0 Å². The third-order valence-corrected chi connectivity index (χ3v) is 15.5. The van der Waals surface area contributed by atoms with E-state index in [0.717, 1.165) is 27.8 Å². The minimum atomic E-state index is -6.77. The van der Waals surface area contributed by atoms with Crippen LogP contribution in [0.4, 0.5) is 5.73 Å². The average molecular weight is 735 g/mol. The van der Waals surface area contributed by atoms with Crippen LogP contribution in [0.1, 0.15) is 99.9 Å². The van der Waals surface area contributed by atoms with Crippen LogP contribution in [0.25, 0.3) is 24.3 Å². The number of carbonyl (C=O) groups is 2. The summed E-state index contributed by atoms with van der Waals surface area (Å²) in [6, 6.07) is 0. The van der Waals surface area contributed by atoms with Gasteiger partial charge in [-0.05, 0) is 0 Å². The number of carboxylic acids is 2. The zero-order valence-corrected chi connectivity index (χ0v) is 30.0. The molecule has 240 valence electrons. The number of hydrogen-bond acceptors (Lipinski definition) is 4. The zero-order valence-electron chi connectivity index (χ0n) is 27.2. The van der Waals surface area contributed by atoms with Gasteiger partial charge < -0.3 is 0 Å². The number of nitrogens with zero attached hydrogens (tertiary/aromatic N) is 4. The molecule has 0 saturated heterocycles. The van der Waals surface area contributed by atoms with Gasteiger partial charge in [0.2, 0.25) is 0 Å². The number of allylic oxidation sites excluding steroid dienone is 4. The molecule has 0 aromatic carbocycles. The minimum absolute atomic E-state index is 0.0542. The molecule has 11 heteroatoms. The molecule has 0 amide bonds. The summed E-state index contributed by atoms with van der Waals surface area (Å²) in [5, 5.41) is 19.8. The first-order valence-corrected chi connectivity index (χ1v) is 20.4. The molecule has 2 aromatic heterocycles. The Labute approximate surface area is 272 Å². The maximum absolute atomic E-state index is 18.1. The normalized spacial score (nSPS) is 17.8. The quantitative estimate of drug-likeness (QED) is 0.329. The number of aliphatic imine (C=N–C) groups is 2. The first-order chi connectivity index (χ1) is 21.7. The molecule has 0 saturated carbocycles. The molecule has 0 unspecified atom stereocenters. The second-order valence-corrected chi connectivity index (χ2v) is 18.2. The Kier molecular flexibility index (Phi) is 8.01. The van der Waals surface area contributed by atoms with Gasteiger partial charge >= 0.3 is 273 Å². The summed E-state index contributed by atoms with van der Waals surface area (Å²) in [7, 11) is 0. The summed E-state index contributed by atoms with van der Waals surface area (Å²) < 4.78 is 38.6. The molecule has 0 radical (unpaired) electrons. The van der Waals surface area contributed by atoms with E-state index in [1.165, 1.54) is 5.58 Å². The molecule has 0 aliphatic carbocycles. The van der Waals surface area contributed by atoms with E-state index in [4.69, 9.17) is 9.98 Å². The fraction of sp³-hybridized carbons (Fsp3) is 0.371. The van der Waals surface area contributed by atoms with Gasteiger partial charge in [0, 0.05) is 0 Å². The Balaban J connectivity index is 1.88. The van der Waals surface area contributed by atoms with Crippen molar-refractivity contribution in [2.45, 2.75) is 86.5 Å². The predicted octanol–water partition coefficient (Wildman–Crippen LogP) is 5.91. The summed E-state index contributed by atoms with van der Waals surface area (Å²) in [6.45, 7) is 13.6. The molecule has 46 heavy (non-hydrogen) atoms. The van der Waals surface area contributed by atoms with Crippen LogP contribution in [-0.4, -0.2) is 59.2 Å². The van der Waals surface area contributed by atoms with E-state index in [2.05, 4.69) is 0 Å². The molecule has 6 rings (SSSR count). The third-order valence-electron chi connectivity index (χ3n) is 9.69. The van der Waals surface area contributed by atoms with Crippen LogP contribution in [0.2, 0.25) is 0 Å². The number of aromatic nitrogens is 2. The van der Waals surface area contributed by atoms with E-state index >= 15 is 5.73 Å². The van der Waals surface area contributed by atoms with Crippen molar-refractivity contribution >= 4 is 67.7 Å². The van der Waals surface area contributed by atoms with Crippen molar-refractivity contribution in [3.63, 3.8) is 0 Å². The molecule has 2 N–H and O–H groups in total. The fourth-order valence-corrected chi connectivity index (χ4v) is 13.7. The predicted molar refractivity (Wildman–Crippen MR) is 179 cm³/mol. The number of hydrogen-bond donors (Lipinski definition) is 2. The van der Waals surface area contributed by atoms with Crippen LogP contribution in [0, 0.1) is 13.8 Å². The number of halogens is 2. The summed E-state index contributed by atoms with van der Waals surface area (Å²) >= 11 is -6.77. The van der Waals surface area contributed by atoms with Crippen LogP contribution in [-0.2, 0) is 16.0 Å². The van der Waals surface area contributed by atoms with E-state index in [-0.39, 0.29) is 37.0 Å². The Morgan fingerprint density at radius 2 is 1.39 bits per heavy atom. The van der Waals surface area contributed by atoms with E-state index < -0.39 is 32.0 Å². The maximum atomic E-state index is 18.1. The SMILES string of the molecule is CCC1=C(C)C2=NC1=Cc1c(C)c(C(C)C)c3[n]1[Sn]([F])([F])[n]1c(c(C)c(CCC(=O)O)c1=CC1=NC(=C3)C(C)=C1CCC(=O)O)=C2. The monoisotopic (exact) mass is 736 g/mol. The van der Waals surface area contributed by atoms with Crippen LogP contribution < -0.4 is 10.7 Å². The number of aliphatic carboxylic acids is 2. The van der Waals surface area contributed by atoms with Gasteiger partial charge in [-0.2, -0.15) is 0 Å². The molecular formula is C35H38F2N4O4Sn. The molecule has 0 spiro atoms.